The first kappa shape index (κ1) is 17.9. The highest BCUT2D eigenvalue weighted by atomic mass is 15.0. The summed E-state index contributed by atoms with van der Waals surface area (Å²) in [5.41, 5.74) is 11.6. The summed E-state index contributed by atoms with van der Waals surface area (Å²) in [6.07, 6.45) is 0.956. The molecule has 1 heteroatoms. The number of hydrogen-bond acceptors (Lipinski definition) is 0. The Labute approximate surface area is 182 Å². The second-order valence-corrected chi connectivity index (χ2v) is 8.01. The smallest absolute Gasteiger partial charge is 0.152 e. The van der Waals surface area contributed by atoms with Crippen molar-refractivity contribution in [2.45, 2.75) is 6.42 Å². The molecule has 0 aliphatic heterocycles. The van der Waals surface area contributed by atoms with E-state index in [4.69, 9.17) is 0 Å². The number of nitrogens with zero attached hydrogens (tertiary/aromatic N) is 1. The van der Waals surface area contributed by atoms with Crippen molar-refractivity contribution in [3.8, 4) is 39.3 Å². The summed E-state index contributed by atoms with van der Waals surface area (Å²) in [6, 6.07) is 43.5. The number of hydrogen-bond donors (Lipinski definition) is 0. The molecule has 4 aromatic carbocycles. The van der Waals surface area contributed by atoms with E-state index < -0.39 is 0 Å². The molecule has 0 saturated carbocycles. The number of aromatic nitrogens is 1. The van der Waals surface area contributed by atoms with Gasteiger partial charge in [-0.3, -0.25) is 0 Å². The van der Waals surface area contributed by atoms with Gasteiger partial charge in [-0.2, -0.15) is 4.57 Å². The zero-order valence-corrected chi connectivity index (χ0v) is 17.2. The molecule has 0 fully saturated rings. The van der Waals surface area contributed by atoms with Crippen LogP contribution in [0.2, 0.25) is 0 Å². The fourth-order valence-electron chi connectivity index (χ4n) is 4.77. The zero-order chi connectivity index (χ0) is 20.6. The molecular weight excluding hydrogens is 374 g/mol. The lowest BCUT2D eigenvalue weighted by atomic mass is 9.95. The van der Waals surface area contributed by atoms with Gasteiger partial charge in [0, 0.05) is 35.7 Å². The number of rotatable bonds is 3. The second kappa shape index (κ2) is 7.37. The SMILES string of the molecule is c1ccc(-c2cc(-c3ccccc3)[n+](-c3ccccc3)c3c2Cc2ccccc2-3)cc1. The van der Waals surface area contributed by atoms with Gasteiger partial charge in [0.05, 0.1) is 5.56 Å². The van der Waals surface area contributed by atoms with Crippen LogP contribution in [0, 0.1) is 0 Å². The molecule has 0 saturated heterocycles. The average Bonchev–Trinajstić information content (AvgIpc) is 3.24. The van der Waals surface area contributed by atoms with Crippen molar-refractivity contribution in [1.82, 2.24) is 0 Å². The Morgan fingerprint density at radius 1 is 0.516 bits per heavy atom. The Morgan fingerprint density at radius 2 is 1.10 bits per heavy atom. The standard InChI is InChI=1S/C30H22N/c1-4-12-22(13-5-1)27-21-29(23-14-6-2-7-15-23)31(25-17-8-3-9-18-25)30-26-19-11-10-16-24(26)20-28(27)30/h1-19,21H,20H2/q+1. The zero-order valence-electron chi connectivity index (χ0n) is 17.2. The highest BCUT2D eigenvalue weighted by Gasteiger charge is 2.34. The van der Waals surface area contributed by atoms with Crippen LogP contribution in [-0.4, -0.2) is 0 Å². The number of pyridine rings is 1. The van der Waals surface area contributed by atoms with E-state index in [2.05, 4.69) is 126 Å². The Hall–Kier alpha value is -3.97. The predicted molar refractivity (Wildman–Crippen MR) is 127 cm³/mol. The molecule has 6 rings (SSSR count). The van der Waals surface area contributed by atoms with E-state index in [0.29, 0.717) is 0 Å². The van der Waals surface area contributed by atoms with Crippen molar-refractivity contribution in [1.29, 1.82) is 0 Å². The fourth-order valence-corrected chi connectivity index (χ4v) is 4.77. The van der Waals surface area contributed by atoms with Gasteiger partial charge in [-0.15, -0.1) is 0 Å². The van der Waals surface area contributed by atoms with Gasteiger partial charge in [0.1, 0.15) is 0 Å². The maximum atomic E-state index is 2.45. The maximum Gasteiger partial charge on any atom is 0.223 e. The van der Waals surface area contributed by atoms with E-state index in [1.165, 1.54) is 50.5 Å². The number of fused-ring (bicyclic) bond motifs is 3. The highest BCUT2D eigenvalue weighted by Crippen LogP contribution is 2.42. The van der Waals surface area contributed by atoms with Gasteiger partial charge >= 0.3 is 0 Å². The van der Waals surface area contributed by atoms with Crippen LogP contribution in [0.3, 0.4) is 0 Å². The first-order valence-corrected chi connectivity index (χ1v) is 10.8. The molecule has 1 nitrogen and oxygen atoms in total. The third-order valence-electron chi connectivity index (χ3n) is 6.16. The Kier molecular flexibility index (Phi) is 4.25. The van der Waals surface area contributed by atoms with Crippen molar-refractivity contribution in [2.24, 2.45) is 0 Å². The van der Waals surface area contributed by atoms with Gasteiger partial charge < -0.3 is 0 Å². The quantitative estimate of drug-likeness (QED) is 0.287. The van der Waals surface area contributed by atoms with E-state index >= 15 is 0 Å². The Bertz CT molecular complexity index is 1370. The minimum atomic E-state index is 0.956. The molecule has 0 N–H and O–H groups in total. The van der Waals surface area contributed by atoms with Gasteiger partial charge in [-0.05, 0) is 34.9 Å². The summed E-state index contributed by atoms with van der Waals surface area (Å²) in [5.74, 6) is 0. The molecule has 0 bridgehead atoms. The van der Waals surface area contributed by atoms with E-state index in [9.17, 15) is 0 Å². The summed E-state index contributed by atoms with van der Waals surface area (Å²) in [4.78, 5) is 0. The second-order valence-electron chi connectivity index (χ2n) is 8.01. The molecule has 1 aliphatic rings. The van der Waals surface area contributed by atoms with Crippen molar-refractivity contribution >= 4 is 0 Å². The normalized spacial score (nSPS) is 11.7. The van der Waals surface area contributed by atoms with Crippen LogP contribution in [0.5, 0.6) is 0 Å². The molecule has 0 amide bonds. The minimum absolute atomic E-state index is 0.956. The number of benzene rings is 4. The van der Waals surface area contributed by atoms with Gasteiger partial charge in [0.15, 0.2) is 0 Å². The van der Waals surface area contributed by atoms with E-state index in [0.717, 1.165) is 6.42 Å². The average molecular weight is 397 g/mol. The monoisotopic (exact) mass is 396 g/mol. The van der Waals surface area contributed by atoms with E-state index in [1.54, 1.807) is 0 Å². The lowest BCUT2D eigenvalue weighted by molar-refractivity contribution is -0.572. The molecule has 31 heavy (non-hydrogen) atoms. The van der Waals surface area contributed by atoms with E-state index in [1.807, 2.05) is 0 Å². The number of para-hydroxylation sites is 1. The van der Waals surface area contributed by atoms with Gasteiger partial charge in [0.2, 0.25) is 17.1 Å². The summed E-state index contributed by atoms with van der Waals surface area (Å²) in [7, 11) is 0. The van der Waals surface area contributed by atoms with E-state index in [-0.39, 0.29) is 0 Å². The minimum Gasteiger partial charge on any atom is -0.152 e. The summed E-state index contributed by atoms with van der Waals surface area (Å²) >= 11 is 0. The van der Waals surface area contributed by atoms with Crippen LogP contribution >= 0.6 is 0 Å². The van der Waals surface area contributed by atoms with Crippen molar-refractivity contribution in [3.05, 3.63) is 132 Å². The van der Waals surface area contributed by atoms with Crippen molar-refractivity contribution < 1.29 is 4.57 Å². The topological polar surface area (TPSA) is 3.88 Å². The van der Waals surface area contributed by atoms with Crippen LogP contribution in [0.1, 0.15) is 11.1 Å². The lowest BCUT2D eigenvalue weighted by Crippen LogP contribution is -2.36. The van der Waals surface area contributed by atoms with Crippen LogP contribution in [0.15, 0.2) is 121 Å². The fraction of sp³-hybridized carbons (Fsp3) is 0.0333. The summed E-state index contributed by atoms with van der Waals surface area (Å²) < 4.78 is 2.45. The lowest BCUT2D eigenvalue weighted by Gasteiger charge is -2.14. The van der Waals surface area contributed by atoms with Gasteiger partial charge in [0.25, 0.3) is 0 Å². The van der Waals surface area contributed by atoms with Gasteiger partial charge in [-0.25, -0.2) is 0 Å². The Balaban J connectivity index is 1.77. The predicted octanol–water partition coefficient (Wildman–Crippen LogP) is 6.87. The molecular formula is C30H22N+. The molecule has 0 atom stereocenters. The molecule has 1 heterocycles. The molecule has 1 aliphatic carbocycles. The maximum absolute atomic E-state index is 2.45. The van der Waals surface area contributed by atoms with Gasteiger partial charge in [-0.1, -0.05) is 84.9 Å². The van der Waals surface area contributed by atoms with Crippen molar-refractivity contribution in [2.75, 3.05) is 0 Å². The van der Waals surface area contributed by atoms with Crippen LogP contribution in [0.4, 0.5) is 0 Å². The molecule has 1 aromatic heterocycles. The largest absolute Gasteiger partial charge is 0.223 e. The molecule has 0 spiro atoms. The van der Waals surface area contributed by atoms with Crippen LogP contribution in [0.25, 0.3) is 39.3 Å². The third kappa shape index (κ3) is 2.98. The molecule has 0 unspecified atom stereocenters. The van der Waals surface area contributed by atoms with Crippen molar-refractivity contribution in [3.63, 3.8) is 0 Å². The molecule has 146 valence electrons. The Morgan fingerprint density at radius 3 is 1.81 bits per heavy atom. The van der Waals surface area contributed by atoms with Crippen LogP contribution in [-0.2, 0) is 6.42 Å². The summed E-state index contributed by atoms with van der Waals surface area (Å²) in [5, 5.41) is 0. The summed E-state index contributed by atoms with van der Waals surface area (Å²) in [6.45, 7) is 0. The molecule has 5 aromatic rings. The molecule has 0 radical (unpaired) electrons. The first-order chi connectivity index (χ1) is 15.4. The van der Waals surface area contributed by atoms with Crippen LogP contribution < -0.4 is 4.57 Å². The third-order valence-corrected chi connectivity index (χ3v) is 6.16. The first-order valence-electron chi connectivity index (χ1n) is 10.8. The highest BCUT2D eigenvalue weighted by molar-refractivity contribution is 5.83.